The molecule has 2 fully saturated rings. The zero-order chi connectivity index (χ0) is 9.31. The minimum Gasteiger partial charge on any atom is -0.377 e. The monoisotopic (exact) mass is 187 g/mol. The SMILES string of the molecule is CC1(COC2CCNCC2)CC1F. The second-order valence-corrected chi connectivity index (χ2v) is 4.59. The lowest BCUT2D eigenvalue weighted by atomic mass is 10.1. The van der Waals surface area contributed by atoms with Crippen molar-refractivity contribution in [2.75, 3.05) is 19.7 Å². The first-order valence-electron chi connectivity index (χ1n) is 5.17. The van der Waals surface area contributed by atoms with Gasteiger partial charge in [0.2, 0.25) is 0 Å². The van der Waals surface area contributed by atoms with E-state index in [2.05, 4.69) is 5.32 Å². The fraction of sp³-hybridized carbons (Fsp3) is 1.00. The van der Waals surface area contributed by atoms with Gasteiger partial charge in [-0.25, -0.2) is 4.39 Å². The van der Waals surface area contributed by atoms with Gasteiger partial charge in [-0.3, -0.25) is 0 Å². The van der Waals surface area contributed by atoms with Crippen molar-refractivity contribution in [3.63, 3.8) is 0 Å². The lowest BCUT2D eigenvalue weighted by Gasteiger charge is -2.24. The van der Waals surface area contributed by atoms with Crippen molar-refractivity contribution in [1.29, 1.82) is 0 Å². The molecule has 0 spiro atoms. The Balaban J connectivity index is 1.67. The highest BCUT2D eigenvalue weighted by molar-refractivity contribution is 4.99. The van der Waals surface area contributed by atoms with Crippen molar-refractivity contribution < 1.29 is 9.13 Å². The Morgan fingerprint density at radius 2 is 2.08 bits per heavy atom. The number of hydrogen-bond donors (Lipinski definition) is 1. The summed E-state index contributed by atoms with van der Waals surface area (Å²) >= 11 is 0. The van der Waals surface area contributed by atoms with Gasteiger partial charge in [0.25, 0.3) is 0 Å². The van der Waals surface area contributed by atoms with Crippen molar-refractivity contribution in [2.24, 2.45) is 5.41 Å². The standard InChI is InChI=1S/C10H18FNO/c1-10(6-9(10)11)7-13-8-2-4-12-5-3-8/h8-9,12H,2-7H2,1H3. The molecule has 0 radical (unpaired) electrons. The van der Waals surface area contributed by atoms with E-state index in [0.29, 0.717) is 19.1 Å². The molecule has 0 aromatic rings. The third-order valence-electron chi connectivity index (χ3n) is 3.18. The van der Waals surface area contributed by atoms with Gasteiger partial charge in [-0.1, -0.05) is 6.92 Å². The first-order valence-corrected chi connectivity index (χ1v) is 5.17. The molecule has 2 rings (SSSR count). The summed E-state index contributed by atoms with van der Waals surface area (Å²) in [5.41, 5.74) is -0.148. The molecular formula is C10H18FNO. The van der Waals surface area contributed by atoms with Crippen LogP contribution >= 0.6 is 0 Å². The van der Waals surface area contributed by atoms with Gasteiger partial charge in [-0.05, 0) is 32.4 Å². The number of alkyl halides is 1. The predicted octanol–water partition coefficient (Wildman–Crippen LogP) is 1.50. The lowest BCUT2D eigenvalue weighted by molar-refractivity contribution is 0.00446. The highest BCUT2D eigenvalue weighted by Gasteiger charge is 2.51. The van der Waals surface area contributed by atoms with E-state index in [9.17, 15) is 4.39 Å². The van der Waals surface area contributed by atoms with Gasteiger partial charge in [-0.2, -0.15) is 0 Å². The maximum absolute atomic E-state index is 12.8. The first kappa shape index (κ1) is 9.41. The zero-order valence-electron chi connectivity index (χ0n) is 8.18. The van der Waals surface area contributed by atoms with Crippen LogP contribution in [-0.2, 0) is 4.74 Å². The van der Waals surface area contributed by atoms with Crippen LogP contribution in [0.2, 0.25) is 0 Å². The molecule has 0 aromatic heterocycles. The second kappa shape index (κ2) is 3.54. The molecule has 2 nitrogen and oxygen atoms in total. The summed E-state index contributed by atoms with van der Waals surface area (Å²) in [6.45, 7) is 4.67. The number of rotatable bonds is 3. The lowest BCUT2D eigenvalue weighted by Crippen LogP contribution is -2.33. The minimum atomic E-state index is -0.616. The highest BCUT2D eigenvalue weighted by Crippen LogP contribution is 2.48. The van der Waals surface area contributed by atoms with E-state index in [1.165, 1.54) is 0 Å². The van der Waals surface area contributed by atoms with Crippen LogP contribution in [0.25, 0.3) is 0 Å². The van der Waals surface area contributed by atoms with Gasteiger partial charge in [0.1, 0.15) is 6.17 Å². The summed E-state index contributed by atoms with van der Waals surface area (Å²) < 4.78 is 18.5. The van der Waals surface area contributed by atoms with Crippen molar-refractivity contribution >= 4 is 0 Å². The summed E-state index contributed by atoms with van der Waals surface area (Å²) in [6, 6.07) is 0. The van der Waals surface area contributed by atoms with Crippen LogP contribution in [0.4, 0.5) is 4.39 Å². The van der Waals surface area contributed by atoms with Crippen LogP contribution in [0.5, 0.6) is 0 Å². The van der Waals surface area contributed by atoms with Gasteiger partial charge in [0.05, 0.1) is 12.7 Å². The highest BCUT2D eigenvalue weighted by atomic mass is 19.1. The summed E-state index contributed by atoms with van der Waals surface area (Å²) in [6.07, 6.45) is 2.60. The number of halogens is 1. The van der Waals surface area contributed by atoms with E-state index in [1.807, 2.05) is 6.92 Å². The summed E-state index contributed by atoms with van der Waals surface area (Å²) in [7, 11) is 0. The molecular weight excluding hydrogens is 169 g/mol. The number of nitrogens with one attached hydrogen (secondary N) is 1. The first-order chi connectivity index (χ1) is 6.21. The topological polar surface area (TPSA) is 21.3 Å². The Morgan fingerprint density at radius 1 is 1.46 bits per heavy atom. The Kier molecular flexibility index (Phi) is 2.56. The van der Waals surface area contributed by atoms with Crippen LogP contribution in [0, 0.1) is 5.41 Å². The quantitative estimate of drug-likeness (QED) is 0.723. The zero-order valence-corrected chi connectivity index (χ0v) is 8.18. The van der Waals surface area contributed by atoms with Crippen LogP contribution in [-0.4, -0.2) is 32.0 Å². The molecule has 1 heterocycles. The van der Waals surface area contributed by atoms with Gasteiger partial charge < -0.3 is 10.1 Å². The van der Waals surface area contributed by atoms with Gasteiger partial charge in [0, 0.05) is 5.41 Å². The van der Waals surface area contributed by atoms with Gasteiger partial charge >= 0.3 is 0 Å². The van der Waals surface area contributed by atoms with E-state index >= 15 is 0 Å². The molecule has 1 aliphatic heterocycles. The van der Waals surface area contributed by atoms with Crippen LogP contribution < -0.4 is 5.32 Å². The van der Waals surface area contributed by atoms with Crippen molar-refractivity contribution in [3.05, 3.63) is 0 Å². The largest absolute Gasteiger partial charge is 0.377 e. The number of ether oxygens (including phenoxy) is 1. The molecule has 2 unspecified atom stereocenters. The Bertz CT molecular complexity index is 182. The minimum absolute atomic E-state index is 0.148. The summed E-state index contributed by atoms with van der Waals surface area (Å²) in [5.74, 6) is 0. The smallest absolute Gasteiger partial charge is 0.108 e. The second-order valence-electron chi connectivity index (χ2n) is 4.59. The Hall–Kier alpha value is -0.150. The van der Waals surface area contributed by atoms with Crippen molar-refractivity contribution in [3.8, 4) is 0 Å². The summed E-state index contributed by atoms with van der Waals surface area (Å²) in [4.78, 5) is 0. The fourth-order valence-corrected chi connectivity index (χ4v) is 1.77. The van der Waals surface area contributed by atoms with E-state index in [-0.39, 0.29) is 5.41 Å². The van der Waals surface area contributed by atoms with E-state index in [4.69, 9.17) is 4.74 Å². The van der Waals surface area contributed by atoms with Crippen molar-refractivity contribution in [2.45, 2.75) is 38.5 Å². The average molecular weight is 187 g/mol. The molecule has 1 saturated heterocycles. The molecule has 1 aliphatic carbocycles. The molecule has 0 bridgehead atoms. The maximum atomic E-state index is 12.8. The third-order valence-corrected chi connectivity index (χ3v) is 3.18. The van der Waals surface area contributed by atoms with Gasteiger partial charge in [0.15, 0.2) is 0 Å². The van der Waals surface area contributed by atoms with Crippen molar-refractivity contribution in [1.82, 2.24) is 5.32 Å². The van der Waals surface area contributed by atoms with E-state index < -0.39 is 6.17 Å². The predicted molar refractivity (Wildman–Crippen MR) is 49.5 cm³/mol. The Labute approximate surface area is 78.8 Å². The van der Waals surface area contributed by atoms with E-state index in [1.54, 1.807) is 0 Å². The van der Waals surface area contributed by atoms with Gasteiger partial charge in [-0.15, -0.1) is 0 Å². The van der Waals surface area contributed by atoms with Crippen LogP contribution in [0.1, 0.15) is 26.2 Å². The fourth-order valence-electron chi connectivity index (χ4n) is 1.77. The molecule has 2 atom stereocenters. The number of piperidine rings is 1. The molecule has 76 valence electrons. The molecule has 13 heavy (non-hydrogen) atoms. The average Bonchev–Trinajstić information content (AvgIpc) is 2.74. The molecule has 1 saturated carbocycles. The molecule has 2 aliphatic rings. The summed E-state index contributed by atoms with van der Waals surface area (Å²) in [5, 5.41) is 3.28. The Morgan fingerprint density at radius 3 is 2.62 bits per heavy atom. The molecule has 0 aromatic carbocycles. The van der Waals surface area contributed by atoms with Crippen LogP contribution in [0.3, 0.4) is 0 Å². The maximum Gasteiger partial charge on any atom is 0.108 e. The third kappa shape index (κ3) is 2.20. The van der Waals surface area contributed by atoms with Crippen LogP contribution in [0.15, 0.2) is 0 Å². The number of hydrogen-bond acceptors (Lipinski definition) is 2. The molecule has 0 amide bonds. The molecule has 3 heteroatoms. The molecule has 1 N–H and O–H groups in total. The van der Waals surface area contributed by atoms with E-state index in [0.717, 1.165) is 25.9 Å². The normalized spacial score (nSPS) is 40.6.